The Morgan fingerprint density at radius 1 is 0.969 bits per heavy atom. The molecule has 3 aromatic rings. The molecule has 2 amide bonds. The number of benzene rings is 2. The Kier molecular flexibility index (Phi) is 7.53. The number of carbonyl (C=O) groups excluding carboxylic acids is 2. The molecule has 0 aliphatic carbocycles. The van der Waals surface area contributed by atoms with Crippen LogP contribution in [0.4, 0.5) is 0 Å². The topological polar surface area (TPSA) is 118 Å². The highest BCUT2D eigenvalue weighted by Crippen LogP contribution is 2.24. The fourth-order valence-electron chi connectivity index (χ4n) is 3.13. The summed E-state index contributed by atoms with van der Waals surface area (Å²) in [6.45, 7) is -0.0315. The van der Waals surface area contributed by atoms with Crippen molar-refractivity contribution >= 4 is 17.8 Å². The maximum absolute atomic E-state index is 13.1. The first-order valence-electron chi connectivity index (χ1n) is 9.94. The minimum Gasteiger partial charge on any atom is -0.496 e. The van der Waals surface area contributed by atoms with Crippen LogP contribution in [0, 0.1) is 0 Å². The number of ether oxygens (including phenoxy) is 1. The monoisotopic (exact) mass is 433 g/mol. The van der Waals surface area contributed by atoms with Crippen LogP contribution in [0.5, 0.6) is 5.75 Å². The van der Waals surface area contributed by atoms with E-state index in [9.17, 15) is 14.4 Å². The van der Waals surface area contributed by atoms with Crippen molar-refractivity contribution in [2.45, 2.75) is 12.5 Å². The SMILES string of the molecule is COc1cc(C(=O)NCCC(=O)O)ncc1C(=O)NC(c1ccccc1)c1ccccc1. The molecule has 3 N–H and O–H groups in total. The van der Waals surface area contributed by atoms with Gasteiger partial charge in [-0.2, -0.15) is 0 Å². The van der Waals surface area contributed by atoms with Crippen molar-refractivity contribution in [1.82, 2.24) is 15.6 Å². The van der Waals surface area contributed by atoms with E-state index in [4.69, 9.17) is 9.84 Å². The van der Waals surface area contributed by atoms with Gasteiger partial charge in [-0.15, -0.1) is 0 Å². The Morgan fingerprint density at radius 3 is 2.09 bits per heavy atom. The van der Waals surface area contributed by atoms with Crippen LogP contribution in [-0.4, -0.2) is 41.5 Å². The van der Waals surface area contributed by atoms with Gasteiger partial charge >= 0.3 is 5.97 Å². The van der Waals surface area contributed by atoms with Crippen molar-refractivity contribution in [3.05, 3.63) is 95.3 Å². The number of carboxylic acid groups (broad SMARTS) is 1. The summed E-state index contributed by atoms with van der Waals surface area (Å²) < 4.78 is 5.32. The predicted molar refractivity (Wildman–Crippen MR) is 118 cm³/mol. The molecule has 32 heavy (non-hydrogen) atoms. The zero-order chi connectivity index (χ0) is 22.9. The average Bonchev–Trinajstić information content (AvgIpc) is 2.82. The van der Waals surface area contributed by atoms with Crippen LogP contribution < -0.4 is 15.4 Å². The molecule has 0 saturated heterocycles. The van der Waals surface area contributed by atoms with E-state index in [0.717, 1.165) is 11.1 Å². The van der Waals surface area contributed by atoms with Crippen LogP contribution in [-0.2, 0) is 4.79 Å². The van der Waals surface area contributed by atoms with E-state index in [0.29, 0.717) is 0 Å². The molecular formula is C24H23N3O5. The molecule has 0 saturated carbocycles. The molecule has 1 aromatic heterocycles. The van der Waals surface area contributed by atoms with Gasteiger partial charge < -0.3 is 20.5 Å². The lowest BCUT2D eigenvalue weighted by Gasteiger charge is -2.20. The quantitative estimate of drug-likeness (QED) is 0.478. The lowest BCUT2D eigenvalue weighted by molar-refractivity contribution is -0.136. The third kappa shape index (κ3) is 5.69. The van der Waals surface area contributed by atoms with Gasteiger partial charge in [0.2, 0.25) is 0 Å². The molecule has 0 fully saturated rings. The Bertz CT molecular complexity index is 1050. The van der Waals surface area contributed by atoms with E-state index in [1.165, 1.54) is 19.4 Å². The van der Waals surface area contributed by atoms with Crippen molar-refractivity contribution < 1.29 is 24.2 Å². The van der Waals surface area contributed by atoms with E-state index in [1.54, 1.807) is 0 Å². The largest absolute Gasteiger partial charge is 0.496 e. The summed E-state index contributed by atoms with van der Waals surface area (Å²) in [5.74, 6) is -1.80. The summed E-state index contributed by atoms with van der Waals surface area (Å²) in [7, 11) is 1.39. The molecule has 0 bridgehead atoms. The molecule has 164 valence electrons. The van der Waals surface area contributed by atoms with E-state index in [2.05, 4.69) is 15.6 Å². The Morgan fingerprint density at radius 2 is 1.56 bits per heavy atom. The summed E-state index contributed by atoms with van der Waals surface area (Å²) in [5, 5.41) is 14.2. The number of hydrogen-bond acceptors (Lipinski definition) is 5. The lowest BCUT2D eigenvalue weighted by atomic mass is 9.98. The Balaban J connectivity index is 1.82. The standard InChI is InChI=1S/C24H23N3O5/c1-32-20-14-19(24(31)25-13-12-21(28)29)26-15-18(20)23(30)27-22(16-8-4-2-5-9-16)17-10-6-3-7-11-17/h2-11,14-15,22H,12-13H2,1H3,(H,25,31)(H,27,30)(H,28,29). The molecule has 2 aromatic carbocycles. The molecule has 3 rings (SSSR count). The molecule has 0 unspecified atom stereocenters. The van der Waals surface area contributed by atoms with Gasteiger partial charge in [-0.3, -0.25) is 14.4 Å². The normalized spacial score (nSPS) is 10.4. The van der Waals surface area contributed by atoms with E-state index < -0.39 is 23.8 Å². The maximum Gasteiger partial charge on any atom is 0.305 e. The number of carboxylic acids is 1. The molecule has 8 heteroatoms. The second kappa shape index (κ2) is 10.7. The minimum atomic E-state index is -1.02. The fraction of sp³-hybridized carbons (Fsp3) is 0.167. The first kappa shape index (κ1) is 22.5. The van der Waals surface area contributed by atoms with Crippen LogP contribution in [0.15, 0.2) is 72.9 Å². The molecule has 1 heterocycles. The third-order valence-electron chi connectivity index (χ3n) is 4.73. The molecule has 0 atom stereocenters. The summed E-state index contributed by atoms with van der Waals surface area (Å²) in [6.07, 6.45) is 1.07. The van der Waals surface area contributed by atoms with Crippen LogP contribution in [0.1, 0.15) is 44.4 Å². The van der Waals surface area contributed by atoms with Crippen LogP contribution >= 0.6 is 0 Å². The number of carbonyl (C=O) groups is 3. The highest BCUT2D eigenvalue weighted by Gasteiger charge is 2.21. The van der Waals surface area contributed by atoms with Gasteiger partial charge in [0.1, 0.15) is 11.4 Å². The van der Waals surface area contributed by atoms with E-state index in [-0.39, 0.29) is 30.0 Å². The number of pyridine rings is 1. The number of aromatic nitrogens is 1. The smallest absolute Gasteiger partial charge is 0.305 e. The molecule has 8 nitrogen and oxygen atoms in total. The van der Waals surface area contributed by atoms with Gasteiger partial charge in [0.25, 0.3) is 11.8 Å². The van der Waals surface area contributed by atoms with Crippen molar-refractivity contribution in [2.24, 2.45) is 0 Å². The predicted octanol–water partition coefficient (Wildman–Crippen LogP) is 2.81. The highest BCUT2D eigenvalue weighted by atomic mass is 16.5. The molecule has 0 aliphatic rings. The van der Waals surface area contributed by atoms with Gasteiger partial charge in [-0.25, -0.2) is 4.98 Å². The van der Waals surface area contributed by atoms with Gasteiger partial charge in [-0.1, -0.05) is 60.7 Å². The van der Waals surface area contributed by atoms with E-state index >= 15 is 0 Å². The van der Waals surface area contributed by atoms with Crippen molar-refractivity contribution in [3.8, 4) is 5.75 Å². The second-order valence-corrected chi connectivity index (χ2v) is 6.90. The van der Waals surface area contributed by atoms with Gasteiger partial charge in [0.15, 0.2) is 0 Å². The van der Waals surface area contributed by atoms with Crippen molar-refractivity contribution in [1.29, 1.82) is 0 Å². The summed E-state index contributed by atoms with van der Waals surface area (Å²) in [6, 6.07) is 20.1. The average molecular weight is 433 g/mol. The number of methoxy groups -OCH3 is 1. The zero-order valence-electron chi connectivity index (χ0n) is 17.4. The molecular weight excluding hydrogens is 410 g/mol. The third-order valence-corrected chi connectivity index (χ3v) is 4.73. The molecule has 0 spiro atoms. The van der Waals surface area contributed by atoms with Crippen molar-refractivity contribution in [3.63, 3.8) is 0 Å². The summed E-state index contributed by atoms with van der Waals surface area (Å²) >= 11 is 0. The van der Waals surface area contributed by atoms with Gasteiger partial charge in [-0.05, 0) is 11.1 Å². The number of amides is 2. The first-order chi connectivity index (χ1) is 15.5. The van der Waals surface area contributed by atoms with Crippen LogP contribution in [0.3, 0.4) is 0 Å². The lowest BCUT2D eigenvalue weighted by Crippen LogP contribution is -2.30. The number of aliphatic carboxylic acids is 1. The second-order valence-electron chi connectivity index (χ2n) is 6.90. The summed E-state index contributed by atoms with van der Waals surface area (Å²) in [4.78, 5) is 40.0. The van der Waals surface area contributed by atoms with Crippen LogP contribution in [0.25, 0.3) is 0 Å². The minimum absolute atomic E-state index is 0.0199. The number of nitrogens with one attached hydrogen (secondary N) is 2. The number of hydrogen-bond donors (Lipinski definition) is 3. The Hall–Kier alpha value is -4.20. The number of rotatable bonds is 9. The fourth-order valence-corrected chi connectivity index (χ4v) is 3.13. The van der Waals surface area contributed by atoms with Crippen LogP contribution in [0.2, 0.25) is 0 Å². The molecule has 0 radical (unpaired) electrons. The van der Waals surface area contributed by atoms with Crippen molar-refractivity contribution in [2.75, 3.05) is 13.7 Å². The highest BCUT2D eigenvalue weighted by molar-refractivity contribution is 5.99. The van der Waals surface area contributed by atoms with Gasteiger partial charge in [0, 0.05) is 18.8 Å². The maximum atomic E-state index is 13.1. The first-order valence-corrected chi connectivity index (χ1v) is 9.94. The molecule has 0 aliphatic heterocycles. The number of nitrogens with zero attached hydrogens (tertiary/aromatic N) is 1. The summed E-state index contributed by atoms with van der Waals surface area (Å²) in [5.41, 5.74) is 2.01. The Labute approximate surface area is 185 Å². The van der Waals surface area contributed by atoms with Gasteiger partial charge in [0.05, 0.1) is 25.1 Å². The van der Waals surface area contributed by atoms with E-state index in [1.807, 2.05) is 60.7 Å². The zero-order valence-corrected chi connectivity index (χ0v) is 17.4.